The molecule has 0 bridgehead atoms. The van der Waals surface area contributed by atoms with Gasteiger partial charge in [0.15, 0.2) is 11.5 Å². The van der Waals surface area contributed by atoms with Gasteiger partial charge in [0.2, 0.25) is 0 Å². The van der Waals surface area contributed by atoms with Crippen molar-refractivity contribution in [3.63, 3.8) is 0 Å². The van der Waals surface area contributed by atoms with Crippen LogP contribution in [-0.2, 0) is 11.3 Å². The number of nitriles is 1. The predicted molar refractivity (Wildman–Crippen MR) is 84.4 cm³/mol. The third-order valence-electron chi connectivity index (χ3n) is 3.20. The molecule has 23 heavy (non-hydrogen) atoms. The molecular formula is C18H17NO4. The van der Waals surface area contributed by atoms with Crippen LogP contribution >= 0.6 is 0 Å². The summed E-state index contributed by atoms with van der Waals surface area (Å²) in [4.78, 5) is 12.2. The van der Waals surface area contributed by atoms with Crippen LogP contribution in [0.3, 0.4) is 0 Å². The van der Waals surface area contributed by atoms with E-state index in [0.717, 1.165) is 0 Å². The van der Waals surface area contributed by atoms with Crippen LogP contribution in [0.15, 0.2) is 42.5 Å². The first-order valence-electron chi connectivity index (χ1n) is 7.15. The summed E-state index contributed by atoms with van der Waals surface area (Å²) in [6.07, 6.45) is 0. The molecule has 5 heteroatoms. The summed E-state index contributed by atoms with van der Waals surface area (Å²) in [6, 6.07) is 13.9. The molecule has 0 amide bonds. The smallest absolute Gasteiger partial charge is 0.338 e. The van der Waals surface area contributed by atoms with Crippen LogP contribution in [-0.4, -0.2) is 19.7 Å². The van der Waals surface area contributed by atoms with Gasteiger partial charge in [0.05, 0.1) is 30.9 Å². The van der Waals surface area contributed by atoms with Gasteiger partial charge in [0.25, 0.3) is 0 Å². The van der Waals surface area contributed by atoms with Crippen molar-refractivity contribution in [2.75, 3.05) is 13.7 Å². The Kier molecular flexibility index (Phi) is 5.59. The Balaban J connectivity index is 2.10. The van der Waals surface area contributed by atoms with Crippen molar-refractivity contribution in [2.24, 2.45) is 0 Å². The van der Waals surface area contributed by atoms with E-state index in [1.165, 1.54) is 7.11 Å². The number of hydrogen-bond donors (Lipinski definition) is 0. The summed E-state index contributed by atoms with van der Waals surface area (Å²) in [5.74, 6) is 0.555. The Hall–Kier alpha value is -3.00. The first-order valence-corrected chi connectivity index (χ1v) is 7.15. The molecule has 5 nitrogen and oxygen atoms in total. The largest absolute Gasteiger partial charge is 0.493 e. The normalized spacial score (nSPS) is 9.78. The van der Waals surface area contributed by atoms with E-state index in [1.54, 1.807) is 42.5 Å². The summed E-state index contributed by atoms with van der Waals surface area (Å²) in [5, 5.41) is 9.03. The van der Waals surface area contributed by atoms with Gasteiger partial charge in [0, 0.05) is 5.56 Å². The second-order valence-electron chi connectivity index (χ2n) is 4.64. The third-order valence-corrected chi connectivity index (χ3v) is 3.20. The van der Waals surface area contributed by atoms with E-state index >= 15 is 0 Å². The first-order chi connectivity index (χ1) is 11.2. The van der Waals surface area contributed by atoms with Gasteiger partial charge in [-0.2, -0.15) is 5.26 Å². The van der Waals surface area contributed by atoms with Gasteiger partial charge in [-0.15, -0.1) is 0 Å². The zero-order valence-electron chi connectivity index (χ0n) is 13.0. The Morgan fingerprint density at radius 1 is 1.17 bits per heavy atom. The Morgan fingerprint density at radius 3 is 2.65 bits per heavy atom. The zero-order chi connectivity index (χ0) is 16.7. The quantitative estimate of drug-likeness (QED) is 0.765. The standard InChI is InChI=1S/C18H17NO4/c1-3-22-16-9-8-13(10-17(16)21-2)18(20)23-12-15-7-5-4-6-14(15)11-19/h4-10H,3,12H2,1-2H3. The van der Waals surface area contributed by atoms with Crippen LogP contribution in [0.25, 0.3) is 0 Å². The van der Waals surface area contributed by atoms with E-state index in [-0.39, 0.29) is 6.61 Å². The van der Waals surface area contributed by atoms with Crippen LogP contribution in [0.2, 0.25) is 0 Å². The minimum atomic E-state index is -0.487. The van der Waals surface area contributed by atoms with Crippen molar-refractivity contribution in [3.05, 3.63) is 59.2 Å². The number of methoxy groups -OCH3 is 1. The number of nitrogens with zero attached hydrogens (tertiary/aromatic N) is 1. The maximum Gasteiger partial charge on any atom is 0.338 e. The molecule has 0 aliphatic carbocycles. The molecule has 0 aromatic heterocycles. The summed E-state index contributed by atoms with van der Waals surface area (Å²) >= 11 is 0. The van der Waals surface area contributed by atoms with Crippen molar-refractivity contribution in [1.29, 1.82) is 5.26 Å². The highest BCUT2D eigenvalue weighted by Crippen LogP contribution is 2.28. The van der Waals surface area contributed by atoms with Crippen LogP contribution in [0, 0.1) is 11.3 Å². The lowest BCUT2D eigenvalue weighted by Crippen LogP contribution is -2.07. The van der Waals surface area contributed by atoms with E-state index in [9.17, 15) is 4.79 Å². The van der Waals surface area contributed by atoms with Gasteiger partial charge < -0.3 is 14.2 Å². The van der Waals surface area contributed by atoms with E-state index in [1.807, 2.05) is 6.92 Å². The van der Waals surface area contributed by atoms with Crippen molar-refractivity contribution in [2.45, 2.75) is 13.5 Å². The molecule has 0 unspecified atom stereocenters. The maximum absolute atomic E-state index is 12.2. The van der Waals surface area contributed by atoms with Gasteiger partial charge in [-0.3, -0.25) is 0 Å². The number of rotatable bonds is 6. The molecule has 0 aliphatic heterocycles. The molecule has 2 aromatic carbocycles. The molecule has 0 saturated heterocycles. The fraction of sp³-hybridized carbons (Fsp3) is 0.222. The van der Waals surface area contributed by atoms with Gasteiger partial charge in [-0.25, -0.2) is 4.79 Å². The molecule has 0 radical (unpaired) electrons. The Morgan fingerprint density at radius 2 is 1.96 bits per heavy atom. The predicted octanol–water partition coefficient (Wildman–Crippen LogP) is 3.32. The average molecular weight is 311 g/mol. The maximum atomic E-state index is 12.2. The van der Waals surface area contributed by atoms with E-state index in [4.69, 9.17) is 19.5 Å². The fourth-order valence-electron chi connectivity index (χ4n) is 2.05. The minimum absolute atomic E-state index is 0.0398. The molecule has 2 aromatic rings. The summed E-state index contributed by atoms with van der Waals surface area (Å²) in [7, 11) is 1.51. The van der Waals surface area contributed by atoms with Crippen LogP contribution in [0.4, 0.5) is 0 Å². The number of hydrogen-bond acceptors (Lipinski definition) is 5. The molecule has 0 N–H and O–H groups in total. The van der Waals surface area contributed by atoms with E-state index < -0.39 is 5.97 Å². The number of ether oxygens (including phenoxy) is 3. The highest BCUT2D eigenvalue weighted by atomic mass is 16.5. The highest BCUT2D eigenvalue weighted by molar-refractivity contribution is 5.90. The SMILES string of the molecule is CCOc1ccc(C(=O)OCc2ccccc2C#N)cc1OC. The highest BCUT2D eigenvalue weighted by Gasteiger charge is 2.13. The lowest BCUT2D eigenvalue weighted by Gasteiger charge is -2.11. The van der Waals surface area contributed by atoms with Gasteiger partial charge in [-0.1, -0.05) is 18.2 Å². The van der Waals surface area contributed by atoms with Crippen molar-refractivity contribution in [1.82, 2.24) is 0 Å². The van der Waals surface area contributed by atoms with Gasteiger partial charge in [0.1, 0.15) is 6.61 Å². The molecule has 0 saturated carbocycles. The van der Waals surface area contributed by atoms with Crippen molar-refractivity contribution < 1.29 is 19.0 Å². The van der Waals surface area contributed by atoms with Gasteiger partial charge in [-0.05, 0) is 31.2 Å². The number of carbonyl (C=O) groups excluding carboxylic acids is 1. The number of benzene rings is 2. The fourth-order valence-corrected chi connectivity index (χ4v) is 2.05. The van der Waals surface area contributed by atoms with E-state index in [0.29, 0.717) is 34.8 Å². The lowest BCUT2D eigenvalue weighted by atomic mass is 10.1. The molecule has 2 rings (SSSR count). The average Bonchev–Trinajstić information content (AvgIpc) is 2.60. The number of esters is 1. The molecule has 0 fully saturated rings. The van der Waals surface area contributed by atoms with Crippen LogP contribution < -0.4 is 9.47 Å². The number of carbonyl (C=O) groups is 1. The second-order valence-corrected chi connectivity index (χ2v) is 4.64. The lowest BCUT2D eigenvalue weighted by molar-refractivity contribution is 0.0472. The van der Waals surface area contributed by atoms with Crippen molar-refractivity contribution >= 4 is 5.97 Å². The van der Waals surface area contributed by atoms with Crippen LogP contribution in [0.1, 0.15) is 28.4 Å². The molecule has 0 spiro atoms. The monoisotopic (exact) mass is 311 g/mol. The summed E-state index contributed by atoms with van der Waals surface area (Å²) in [5.41, 5.74) is 1.52. The first kappa shape index (κ1) is 16.4. The zero-order valence-corrected chi connectivity index (χ0v) is 13.0. The topological polar surface area (TPSA) is 68.5 Å². The molecular weight excluding hydrogens is 294 g/mol. The van der Waals surface area contributed by atoms with Gasteiger partial charge >= 0.3 is 5.97 Å². The van der Waals surface area contributed by atoms with E-state index in [2.05, 4.69) is 6.07 Å². The summed E-state index contributed by atoms with van der Waals surface area (Å²) < 4.78 is 15.9. The molecule has 118 valence electrons. The summed E-state index contributed by atoms with van der Waals surface area (Å²) in [6.45, 7) is 2.41. The molecule has 0 atom stereocenters. The second kappa shape index (κ2) is 7.85. The van der Waals surface area contributed by atoms with Crippen LogP contribution in [0.5, 0.6) is 11.5 Å². The van der Waals surface area contributed by atoms with Crippen molar-refractivity contribution in [3.8, 4) is 17.6 Å². The minimum Gasteiger partial charge on any atom is -0.493 e. The molecule has 0 heterocycles. The third kappa shape index (κ3) is 4.01. The Bertz CT molecular complexity index is 734. The Labute approximate surface area is 135 Å². The molecule has 0 aliphatic rings.